The van der Waals surface area contributed by atoms with Crippen molar-refractivity contribution < 1.29 is 10.3 Å². The number of nitrogens with one attached hydrogen (secondary N) is 1. The van der Waals surface area contributed by atoms with E-state index in [1.807, 2.05) is 24.3 Å². The van der Waals surface area contributed by atoms with Crippen molar-refractivity contribution in [2.45, 2.75) is 25.8 Å². The van der Waals surface area contributed by atoms with Crippen LogP contribution in [0.15, 0.2) is 29.4 Å². The number of hydrogen-bond acceptors (Lipinski definition) is 4. The lowest BCUT2D eigenvalue weighted by atomic mass is 9.97. The van der Waals surface area contributed by atoms with Crippen molar-refractivity contribution in [2.24, 2.45) is 22.7 Å². The fourth-order valence-electron chi connectivity index (χ4n) is 2.99. The third-order valence-electron chi connectivity index (χ3n) is 4.17. The summed E-state index contributed by atoms with van der Waals surface area (Å²) in [5.41, 5.74) is 7.44. The first kappa shape index (κ1) is 14.8. The molecule has 0 saturated heterocycles. The third kappa shape index (κ3) is 3.49. The summed E-state index contributed by atoms with van der Waals surface area (Å²) in [6, 6.07) is 7.63. The van der Waals surface area contributed by atoms with Crippen LogP contribution in [0.2, 0.25) is 0 Å². The molecule has 1 aliphatic rings. The van der Waals surface area contributed by atoms with Crippen LogP contribution in [0.3, 0.4) is 0 Å². The van der Waals surface area contributed by atoms with E-state index in [9.17, 15) is 5.11 Å². The molecule has 0 aromatic heterocycles. The van der Waals surface area contributed by atoms with Crippen LogP contribution in [0, 0.1) is 11.8 Å². The van der Waals surface area contributed by atoms with E-state index in [1.54, 1.807) is 0 Å². The Morgan fingerprint density at radius 3 is 2.80 bits per heavy atom. The third-order valence-corrected chi connectivity index (χ3v) is 4.17. The van der Waals surface area contributed by atoms with Crippen LogP contribution in [0.25, 0.3) is 0 Å². The van der Waals surface area contributed by atoms with Crippen LogP contribution >= 0.6 is 0 Å². The number of benzene rings is 1. The van der Waals surface area contributed by atoms with Crippen molar-refractivity contribution in [2.75, 3.05) is 13.2 Å². The van der Waals surface area contributed by atoms with Gasteiger partial charge in [0.05, 0.1) is 0 Å². The van der Waals surface area contributed by atoms with Gasteiger partial charge >= 0.3 is 0 Å². The second-order valence-electron chi connectivity index (χ2n) is 5.41. The fraction of sp³-hybridized carbons (Fsp3) is 0.533. The van der Waals surface area contributed by atoms with Gasteiger partial charge in [-0.3, -0.25) is 0 Å². The lowest BCUT2D eigenvalue weighted by Gasteiger charge is -2.18. The molecular formula is C15H23N3O2. The molecule has 1 aromatic carbocycles. The second-order valence-corrected chi connectivity index (χ2v) is 5.41. The summed E-state index contributed by atoms with van der Waals surface area (Å²) in [4.78, 5) is 0. The Morgan fingerprint density at radius 2 is 2.05 bits per heavy atom. The zero-order chi connectivity index (χ0) is 14.4. The van der Waals surface area contributed by atoms with E-state index < -0.39 is 0 Å². The van der Waals surface area contributed by atoms with Crippen molar-refractivity contribution in [1.29, 1.82) is 0 Å². The van der Waals surface area contributed by atoms with Crippen LogP contribution in [0.1, 0.15) is 30.4 Å². The van der Waals surface area contributed by atoms with Gasteiger partial charge in [-0.2, -0.15) is 0 Å². The van der Waals surface area contributed by atoms with Crippen molar-refractivity contribution >= 4 is 5.84 Å². The predicted molar refractivity (Wildman–Crippen MR) is 78.6 cm³/mol. The first-order valence-electron chi connectivity index (χ1n) is 7.13. The predicted octanol–water partition coefficient (Wildman–Crippen LogP) is 1.28. The maximum atomic E-state index is 9.31. The van der Waals surface area contributed by atoms with Gasteiger partial charge in [0.25, 0.3) is 0 Å². The Balaban J connectivity index is 1.91. The van der Waals surface area contributed by atoms with Crippen LogP contribution in [-0.4, -0.2) is 29.3 Å². The fourth-order valence-corrected chi connectivity index (χ4v) is 2.99. The van der Waals surface area contributed by atoms with Gasteiger partial charge in [-0.15, -0.1) is 0 Å². The van der Waals surface area contributed by atoms with Crippen molar-refractivity contribution in [3.8, 4) is 0 Å². The Labute approximate surface area is 119 Å². The van der Waals surface area contributed by atoms with Crippen molar-refractivity contribution in [3.05, 3.63) is 35.4 Å². The maximum absolute atomic E-state index is 9.31. The average Bonchev–Trinajstić information content (AvgIpc) is 2.94. The monoisotopic (exact) mass is 277 g/mol. The standard InChI is InChI=1S/C15H23N3O2/c16-15(18-20)14-7-2-1-4-12(14)9-17-8-11-5-3-6-13(11)10-19/h1-2,4,7,11,13,17,19-20H,3,5-6,8-10H2,(H2,16,18). The van der Waals surface area contributed by atoms with Gasteiger partial charge in [0.15, 0.2) is 5.84 Å². The summed E-state index contributed by atoms with van der Waals surface area (Å²) in [5, 5.41) is 24.6. The van der Waals surface area contributed by atoms with Crippen LogP contribution < -0.4 is 11.1 Å². The summed E-state index contributed by atoms with van der Waals surface area (Å²) in [7, 11) is 0. The Hall–Kier alpha value is -1.59. The highest BCUT2D eigenvalue weighted by Gasteiger charge is 2.25. The minimum absolute atomic E-state index is 0.136. The lowest BCUT2D eigenvalue weighted by molar-refractivity contribution is 0.192. The zero-order valence-electron chi connectivity index (χ0n) is 11.6. The number of hydrogen-bond donors (Lipinski definition) is 4. The smallest absolute Gasteiger partial charge is 0.170 e. The summed E-state index contributed by atoms with van der Waals surface area (Å²) in [5.74, 6) is 1.12. The second kappa shape index (κ2) is 7.26. The van der Waals surface area contributed by atoms with Gasteiger partial charge < -0.3 is 21.4 Å². The molecule has 110 valence electrons. The molecule has 1 saturated carbocycles. The maximum Gasteiger partial charge on any atom is 0.170 e. The molecule has 5 N–H and O–H groups in total. The molecule has 0 bridgehead atoms. The molecule has 2 unspecified atom stereocenters. The highest BCUT2D eigenvalue weighted by Crippen LogP contribution is 2.30. The molecule has 20 heavy (non-hydrogen) atoms. The first-order chi connectivity index (χ1) is 9.76. The molecule has 1 aliphatic carbocycles. The SMILES string of the molecule is NC(=NO)c1ccccc1CNCC1CCCC1CO. The van der Waals surface area contributed by atoms with Crippen LogP contribution in [0.5, 0.6) is 0 Å². The number of aliphatic hydroxyl groups is 1. The van der Waals surface area contributed by atoms with E-state index in [2.05, 4.69) is 10.5 Å². The molecule has 1 fully saturated rings. The van der Waals surface area contributed by atoms with Crippen molar-refractivity contribution in [3.63, 3.8) is 0 Å². The lowest BCUT2D eigenvalue weighted by Crippen LogP contribution is -2.27. The minimum atomic E-state index is 0.136. The number of aliphatic hydroxyl groups excluding tert-OH is 1. The van der Waals surface area contributed by atoms with E-state index >= 15 is 0 Å². The van der Waals surface area contributed by atoms with Gasteiger partial charge in [-0.1, -0.05) is 35.8 Å². The van der Waals surface area contributed by atoms with E-state index in [-0.39, 0.29) is 12.4 Å². The quantitative estimate of drug-likeness (QED) is 0.273. The highest BCUT2D eigenvalue weighted by atomic mass is 16.4. The summed E-state index contributed by atoms with van der Waals surface area (Å²) >= 11 is 0. The van der Waals surface area contributed by atoms with E-state index in [0.29, 0.717) is 18.4 Å². The molecule has 5 nitrogen and oxygen atoms in total. The number of amidine groups is 1. The molecule has 1 aromatic rings. The zero-order valence-corrected chi connectivity index (χ0v) is 11.6. The van der Waals surface area contributed by atoms with Crippen LogP contribution in [-0.2, 0) is 6.54 Å². The Kier molecular flexibility index (Phi) is 5.38. The minimum Gasteiger partial charge on any atom is -0.409 e. The summed E-state index contributed by atoms with van der Waals surface area (Å²) < 4.78 is 0. The normalized spacial score (nSPS) is 23.1. The van der Waals surface area contributed by atoms with Gasteiger partial charge in [-0.25, -0.2) is 0 Å². The van der Waals surface area contributed by atoms with Crippen LogP contribution in [0.4, 0.5) is 0 Å². The largest absolute Gasteiger partial charge is 0.409 e. The van der Waals surface area contributed by atoms with Gasteiger partial charge in [0, 0.05) is 18.7 Å². The molecule has 0 amide bonds. The molecule has 0 radical (unpaired) electrons. The van der Waals surface area contributed by atoms with Crippen molar-refractivity contribution in [1.82, 2.24) is 5.32 Å². The van der Waals surface area contributed by atoms with Gasteiger partial charge in [0.1, 0.15) is 0 Å². The van der Waals surface area contributed by atoms with Gasteiger partial charge in [-0.05, 0) is 36.8 Å². The van der Waals surface area contributed by atoms with E-state index in [0.717, 1.165) is 24.1 Å². The molecule has 5 heteroatoms. The highest BCUT2D eigenvalue weighted by molar-refractivity contribution is 5.98. The number of nitrogens with zero attached hydrogens (tertiary/aromatic N) is 1. The summed E-state index contributed by atoms with van der Waals surface area (Å²) in [6.07, 6.45) is 3.52. The summed E-state index contributed by atoms with van der Waals surface area (Å²) in [6.45, 7) is 1.86. The topological polar surface area (TPSA) is 90.9 Å². The Bertz CT molecular complexity index is 462. The molecule has 0 aliphatic heterocycles. The number of oxime groups is 1. The number of rotatable bonds is 6. The molecule has 2 atom stereocenters. The average molecular weight is 277 g/mol. The number of nitrogens with two attached hydrogens (primary N) is 1. The molecule has 0 heterocycles. The molecule has 2 rings (SSSR count). The molecule has 0 spiro atoms. The van der Waals surface area contributed by atoms with E-state index in [1.165, 1.54) is 12.8 Å². The van der Waals surface area contributed by atoms with E-state index in [4.69, 9.17) is 10.9 Å². The Morgan fingerprint density at radius 1 is 1.30 bits per heavy atom. The first-order valence-corrected chi connectivity index (χ1v) is 7.13. The molecular weight excluding hydrogens is 254 g/mol. The van der Waals surface area contributed by atoms with Gasteiger partial charge in [0.2, 0.25) is 0 Å².